The van der Waals surface area contributed by atoms with Gasteiger partial charge < -0.3 is 15.2 Å². The second-order valence-corrected chi connectivity index (χ2v) is 8.46. The maximum atomic E-state index is 13.1. The largest absolute Gasteiger partial charge is 0.489 e. The fraction of sp³-hybridized carbons (Fsp3) is 0.400. The molecular weight excluding hydrogens is 390 g/mol. The van der Waals surface area contributed by atoms with Crippen LogP contribution >= 0.6 is 0 Å². The number of aromatic nitrogens is 2. The molecule has 1 fully saturated rings. The first-order chi connectivity index (χ1) is 15.0. The summed E-state index contributed by atoms with van der Waals surface area (Å²) in [5.41, 5.74) is 2.33. The number of anilines is 1. The zero-order chi connectivity index (χ0) is 21.8. The molecule has 0 spiro atoms. The van der Waals surface area contributed by atoms with Crippen molar-refractivity contribution < 1.29 is 14.6 Å². The minimum absolute atomic E-state index is 0.0181. The third kappa shape index (κ3) is 4.69. The van der Waals surface area contributed by atoms with Crippen LogP contribution < -0.4 is 10.1 Å². The van der Waals surface area contributed by atoms with Gasteiger partial charge in [0.25, 0.3) is 0 Å². The normalized spacial score (nSPS) is 24.1. The SMILES string of the molecule is Cc1ncc(OC[C@@]2(C3C=CC=CC3)C[C@H]2C(=O)Nc2cccc(CCO)c2)c(C)n1. The minimum atomic E-state index is -0.245. The van der Waals surface area contributed by atoms with Gasteiger partial charge in [-0.1, -0.05) is 36.4 Å². The van der Waals surface area contributed by atoms with Gasteiger partial charge in [0.15, 0.2) is 5.75 Å². The quantitative estimate of drug-likeness (QED) is 0.680. The lowest BCUT2D eigenvalue weighted by molar-refractivity contribution is -0.118. The molecule has 1 unspecified atom stereocenters. The van der Waals surface area contributed by atoms with E-state index in [0.29, 0.717) is 24.6 Å². The summed E-state index contributed by atoms with van der Waals surface area (Å²) < 4.78 is 6.16. The van der Waals surface area contributed by atoms with Crippen LogP contribution in [-0.2, 0) is 11.2 Å². The van der Waals surface area contributed by atoms with E-state index in [1.807, 2.05) is 44.2 Å². The zero-order valence-electron chi connectivity index (χ0n) is 18.0. The smallest absolute Gasteiger partial charge is 0.228 e. The van der Waals surface area contributed by atoms with Crippen molar-refractivity contribution in [3.8, 4) is 5.75 Å². The van der Waals surface area contributed by atoms with Crippen LogP contribution in [0.5, 0.6) is 5.75 Å². The Balaban J connectivity index is 1.49. The van der Waals surface area contributed by atoms with Crippen molar-refractivity contribution in [2.75, 3.05) is 18.5 Å². The van der Waals surface area contributed by atoms with Crippen molar-refractivity contribution in [2.45, 2.75) is 33.1 Å². The molecule has 1 aromatic carbocycles. The fourth-order valence-electron chi connectivity index (χ4n) is 4.45. The highest BCUT2D eigenvalue weighted by atomic mass is 16.5. The predicted octanol–water partition coefficient (Wildman–Crippen LogP) is 3.78. The lowest BCUT2D eigenvalue weighted by Crippen LogP contribution is -2.29. The third-order valence-corrected chi connectivity index (χ3v) is 6.30. The Morgan fingerprint density at radius 1 is 1.32 bits per heavy atom. The van der Waals surface area contributed by atoms with Gasteiger partial charge in [-0.05, 0) is 56.7 Å². The Hall–Kier alpha value is -2.99. The molecule has 0 bridgehead atoms. The van der Waals surface area contributed by atoms with Gasteiger partial charge in [-0.15, -0.1) is 0 Å². The molecule has 2 aromatic rings. The number of ether oxygens (including phenoxy) is 1. The number of aliphatic hydroxyl groups is 1. The number of benzene rings is 1. The molecule has 1 saturated carbocycles. The molecule has 2 aliphatic carbocycles. The van der Waals surface area contributed by atoms with E-state index in [1.165, 1.54) is 0 Å². The zero-order valence-corrected chi connectivity index (χ0v) is 18.0. The van der Waals surface area contributed by atoms with Crippen molar-refractivity contribution in [2.24, 2.45) is 17.3 Å². The van der Waals surface area contributed by atoms with E-state index < -0.39 is 0 Å². The second-order valence-electron chi connectivity index (χ2n) is 8.46. The van der Waals surface area contributed by atoms with Crippen molar-refractivity contribution in [1.82, 2.24) is 9.97 Å². The van der Waals surface area contributed by atoms with Crippen LogP contribution in [0.4, 0.5) is 5.69 Å². The van der Waals surface area contributed by atoms with Gasteiger partial charge in [0, 0.05) is 23.6 Å². The van der Waals surface area contributed by atoms with Gasteiger partial charge in [0.05, 0.1) is 18.5 Å². The first kappa shape index (κ1) is 21.2. The van der Waals surface area contributed by atoms with E-state index in [0.717, 1.165) is 29.8 Å². The molecule has 6 heteroatoms. The topological polar surface area (TPSA) is 84.3 Å². The lowest BCUT2D eigenvalue weighted by Gasteiger charge is -2.26. The van der Waals surface area contributed by atoms with Gasteiger partial charge in [0.2, 0.25) is 5.91 Å². The first-order valence-corrected chi connectivity index (χ1v) is 10.8. The maximum absolute atomic E-state index is 13.1. The molecule has 1 heterocycles. The molecule has 3 atom stereocenters. The minimum Gasteiger partial charge on any atom is -0.489 e. The van der Waals surface area contributed by atoms with E-state index >= 15 is 0 Å². The summed E-state index contributed by atoms with van der Waals surface area (Å²) >= 11 is 0. The van der Waals surface area contributed by atoms with Crippen molar-refractivity contribution in [1.29, 1.82) is 0 Å². The number of allylic oxidation sites excluding steroid dienone is 4. The second kappa shape index (κ2) is 9.02. The summed E-state index contributed by atoms with van der Waals surface area (Å²) in [6, 6.07) is 7.66. The summed E-state index contributed by atoms with van der Waals surface area (Å²) in [5.74, 6) is 1.53. The van der Waals surface area contributed by atoms with Crippen LogP contribution in [0.1, 0.15) is 29.9 Å². The Morgan fingerprint density at radius 3 is 2.94 bits per heavy atom. The summed E-state index contributed by atoms with van der Waals surface area (Å²) in [4.78, 5) is 21.8. The average Bonchev–Trinajstić information content (AvgIpc) is 3.50. The van der Waals surface area contributed by atoms with Crippen molar-refractivity contribution in [3.63, 3.8) is 0 Å². The van der Waals surface area contributed by atoms with Crippen LogP contribution in [0.2, 0.25) is 0 Å². The van der Waals surface area contributed by atoms with Gasteiger partial charge >= 0.3 is 0 Å². The van der Waals surface area contributed by atoms with Crippen LogP contribution in [-0.4, -0.2) is 34.2 Å². The van der Waals surface area contributed by atoms with Crippen molar-refractivity contribution in [3.05, 3.63) is 71.8 Å². The number of hydrogen-bond donors (Lipinski definition) is 2. The number of aryl methyl sites for hydroxylation is 2. The van der Waals surface area contributed by atoms with Crippen molar-refractivity contribution >= 4 is 11.6 Å². The molecule has 31 heavy (non-hydrogen) atoms. The van der Waals surface area contributed by atoms with Crippen LogP contribution in [0, 0.1) is 31.1 Å². The molecule has 0 radical (unpaired) electrons. The summed E-state index contributed by atoms with van der Waals surface area (Å²) in [6.45, 7) is 4.31. The molecular formula is C25H29N3O3. The molecule has 4 rings (SSSR count). The lowest BCUT2D eigenvalue weighted by atomic mass is 9.82. The molecule has 0 saturated heterocycles. The number of aliphatic hydroxyl groups excluding tert-OH is 1. The van der Waals surface area contributed by atoms with E-state index in [-0.39, 0.29) is 29.8 Å². The van der Waals surface area contributed by atoms with E-state index in [2.05, 4.69) is 33.5 Å². The summed E-state index contributed by atoms with van der Waals surface area (Å²) in [6.07, 6.45) is 12.4. The Kier molecular flexibility index (Phi) is 6.18. The van der Waals surface area contributed by atoms with Crippen LogP contribution in [0.15, 0.2) is 54.8 Å². The summed E-state index contributed by atoms with van der Waals surface area (Å²) in [5, 5.41) is 12.2. The highest BCUT2D eigenvalue weighted by Crippen LogP contribution is 2.60. The monoisotopic (exact) mass is 419 g/mol. The number of carbonyl (C=O) groups is 1. The molecule has 6 nitrogen and oxygen atoms in total. The van der Waals surface area contributed by atoms with E-state index in [4.69, 9.17) is 9.84 Å². The van der Waals surface area contributed by atoms with Crippen LogP contribution in [0.25, 0.3) is 0 Å². The van der Waals surface area contributed by atoms with Gasteiger partial charge in [0.1, 0.15) is 5.82 Å². The number of amides is 1. The Bertz CT molecular complexity index is 1020. The number of nitrogens with one attached hydrogen (secondary N) is 1. The molecule has 0 aliphatic heterocycles. The number of carbonyl (C=O) groups excluding carboxylic acids is 1. The standard InChI is InChI=1S/C25H29N3O3/c1-17-23(15-26-18(2)27-17)31-16-25(20-8-4-3-5-9-20)14-22(25)24(30)28-21-10-6-7-19(13-21)11-12-29/h3-8,10,13,15,20,22,29H,9,11-12,14,16H2,1-2H3,(H,28,30)/t20?,22-,25+/m0/s1. The van der Waals surface area contributed by atoms with E-state index in [1.54, 1.807) is 6.20 Å². The Labute approximate surface area is 183 Å². The molecule has 2 N–H and O–H groups in total. The molecule has 162 valence electrons. The molecule has 1 amide bonds. The number of rotatable bonds is 8. The van der Waals surface area contributed by atoms with Crippen LogP contribution in [0.3, 0.4) is 0 Å². The summed E-state index contributed by atoms with van der Waals surface area (Å²) in [7, 11) is 0. The van der Waals surface area contributed by atoms with Gasteiger partial charge in [-0.25, -0.2) is 9.97 Å². The first-order valence-electron chi connectivity index (χ1n) is 10.8. The molecule has 2 aliphatic rings. The number of hydrogen-bond acceptors (Lipinski definition) is 5. The average molecular weight is 420 g/mol. The maximum Gasteiger partial charge on any atom is 0.228 e. The number of nitrogens with zero attached hydrogens (tertiary/aromatic N) is 2. The molecule has 1 aromatic heterocycles. The van der Waals surface area contributed by atoms with Gasteiger partial charge in [-0.3, -0.25) is 4.79 Å². The van der Waals surface area contributed by atoms with Gasteiger partial charge in [-0.2, -0.15) is 0 Å². The highest BCUT2D eigenvalue weighted by molar-refractivity contribution is 5.95. The Morgan fingerprint density at radius 2 is 2.19 bits per heavy atom. The highest BCUT2D eigenvalue weighted by Gasteiger charge is 2.62. The predicted molar refractivity (Wildman–Crippen MR) is 120 cm³/mol. The third-order valence-electron chi connectivity index (χ3n) is 6.30. The van der Waals surface area contributed by atoms with E-state index in [9.17, 15) is 4.79 Å². The fourth-order valence-corrected chi connectivity index (χ4v) is 4.45.